The molecule has 150 valence electrons. The van der Waals surface area contributed by atoms with E-state index in [0.717, 1.165) is 11.6 Å². The predicted octanol–water partition coefficient (Wildman–Crippen LogP) is 2.26. The lowest BCUT2D eigenvalue weighted by atomic mass is 10.0. The first-order chi connectivity index (χ1) is 13.1. The highest BCUT2D eigenvalue weighted by atomic mass is 32.2. The smallest absolute Gasteiger partial charge is 0.342 e. The molecular weight excluding hydrogens is 384 g/mol. The summed E-state index contributed by atoms with van der Waals surface area (Å²) in [4.78, 5) is 24.2. The average Bonchev–Trinajstić information content (AvgIpc) is 2.65. The van der Waals surface area contributed by atoms with Gasteiger partial charge in [-0.3, -0.25) is 4.79 Å². The molecule has 1 amide bonds. The fourth-order valence-corrected chi connectivity index (χ4v) is 3.07. The third kappa shape index (κ3) is 5.30. The summed E-state index contributed by atoms with van der Waals surface area (Å²) in [6.07, 6.45) is 0. The molecule has 0 saturated heterocycles. The van der Waals surface area contributed by atoms with Crippen LogP contribution in [0.4, 0.5) is 5.69 Å². The Morgan fingerprint density at radius 1 is 1.14 bits per heavy atom. The molecule has 0 aliphatic heterocycles. The first-order valence-corrected chi connectivity index (χ1v) is 9.95. The molecule has 0 fully saturated rings. The van der Waals surface area contributed by atoms with Crippen LogP contribution in [0, 0.1) is 0 Å². The number of amides is 1. The van der Waals surface area contributed by atoms with Gasteiger partial charge in [0.2, 0.25) is 10.0 Å². The van der Waals surface area contributed by atoms with Crippen LogP contribution in [0.5, 0.6) is 5.75 Å². The van der Waals surface area contributed by atoms with Gasteiger partial charge < -0.3 is 14.8 Å². The number of hydrogen-bond acceptors (Lipinski definition) is 6. The molecule has 2 rings (SSSR count). The summed E-state index contributed by atoms with van der Waals surface area (Å²) in [7, 11) is -2.69. The molecule has 0 saturated carbocycles. The largest absolute Gasteiger partial charge is 0.496 e. The minimum absolute atomic E-state index is 0.1000. The van der Waals surface area contributed by atoms with E-state index >= 15 is 0 Å². The van der Waals surface area contributed by atoms with Gasteiger partial charge in [0, 0.05) is 5.69 Å². The lowest BCUT2D eigenvalue weighted by molar-refractivity contribution is -0.119. The van der Waals surface area contributed by atoms with Crippen molar-refractivity contribution in [3.05, 3.63) is 53.6 Å². The van der Waals surface area contributed by atoms with Crippen molar-refractivity contribution in [3.63, 3.8) is 0 Å². The van der Waals surface area contributed by atoms with E-state index in [9.17, 15) is 18.0 Å². The molecule has 0 heterocycles. The van der Waals surface area contributed by atoms with Crippen molar-refractivity contribution in [1.29, 1.82) is 0 Å². The second-order valence-corrected chi connectivity index (χ2v) is 7.83. The number of carbonyl (C=O) groups is 2. The highest BCUT2D eigenvalue weighted by Crippen LogP contribution is 2.24. The maximum Gasteiger partial charge on any atom is 0.342 e. The molecule has 0 unspecified atom stereocenters. The van der Waals surface area contributed by atoms with Crippen LogP contribution in [0.1, 0.15) is 35.7 Å². The van der Waals surface area contributed by atoms with E-state index in [0.29, 0.717) is 5.69 Å². The second kappa shape index (κ2) is 8.85. The Morgan fingerprint density at radius 2 is 1.82 bits per heavy atom. The number of nitrogens with two attached hydrogens (primary N) is 1. The summed E-state index contributed by atoms with van der Waals surface area (Å²) in [5, 5.41) is 7.78. The van der Waals surface area contributed by atoms with Gasteiger partial charge in [-0.05, 0) is 35.7 Å². The monoisotopic (exact) mass is 406 g/mol. The number of primary sulfonamides is 1. The number of esters is 1. The van der Waals surface area contributed by atoms with Crippen LogP contribution >= 0.6 is 0 Å². The van der Waals surface area contributed by atoms with Crippen LogP contribution in [0.2, 0.25) is 0 Å². The van der Waals surface area contributed by atoms with Gasteiger partial charge in [0.05, 0.1) is 12.0 Å². The Labute approximate surface area is 163 Å². The van der Waals surface area contributed by atoms with Gasteiger partial charge in [0.15, 0.2) is 6.61 Å². The molecule has 0 atom stereocenters. The van der Waals surface area contributed by atoms with Crippen LogP contribution in [-0.2, 0) is 19.6 Å². The first-order valence-electron chi connectivity index (χ1n) is 8.40. The molecule has 3 N–H and O–H groups in total. The van der Waals surface area contributed by atoms with Gasteiger partial charge >= 0.3 is 5.97 Å². The minimum atomic E-state index is -4.01. The summed E-state index contributed by atoms with van der Waals surface area (Å²) in [5.74, 6) is -1.13. The number of methoxy groups -OCH3 is 1. The highest BCUT2D eigenvalue weighted by molar-refractivity contribution is 7.89. The van der Waals surface area contributed by atoms with E-state index in [1.54, 1.807) is 12.1 Å². The lowest BCUT2D eigenvalue weighted by Gasteiger charge is -2.14. The summed E-state index contributed by atoms with van der Waals surface area (Å²) < 4.78 is 33.0. The standard InChI is InChI=1S/C19H22N2O6S/c1-12(2)14-6-4-5-7-16(14)21-18(22)11-27-19(23)15-10-13(28(20,24)25)8-9-17(15)26-3/h4-10,12H,11H2,1-3H3,(H,21,22)(H2,20,24,25). The molecule has 0 bridgehead atoms. The summed E-state index contributed by atoms with van der Waals surface area (Å²) in [6.45, 7) is 3.44. The van der Waals surface area contributed by atoms with E-state index in [4.69, 9.17) is 14.6 Å². The number of nitrogens with one attached hydrogen (secondary N) is 1. The van der Waals surface area contributed by atoms with Crippen LogP contribution < -0.4 is 15.2 Å². The third-order valence-electron chi connectivity index (χ3n) is 3.91. The lowest BCUT2D eigenvalue weighted by Crippen LogP contribution is -2.22. The molecule has 9 heteroatoms. The quantitative estimate of drug-likeness (QED) is 0.680. The molecule has 2 aromatic rings. The third-order valence-corrected chi connectivity index (χ3v) is 4.82. The van der Waals surface area contributed by atoms with Gasteiger partial charge in [0.25, 0.3) is 5.91 Å². The van der Waals surface area contributed by atoms with Crippen molar-refractivity contribution in [1.82, 2.24) is 0 Å². The molecule has 0 aliphatic rings. The zero-order chi connectivity index (χ0) is 20.9. The van der Waals surface area contributed by atoms with Gasteiger partial charge in [0.1, 0.15) is 11.3 Å². The van der Waals surface area contributed by atoms with Crippen molar-refractivity contribution in [2.45, 2.75) is 24.7 Å². The fraction of sp³-hybridized carbons (Fsp3) is 0.263. The molecule has 0 aliphatic carbocycles. The first kappa shape index (κ1) is 21.4. The zero-order valence-corrected chi connectivity index (χ0v) is 16.6. The van der Waals surface area contributed by atoms with E-state index in [1.165, 1.54) is 19.2 Å². The van der Waals surface area contributed by atoms with Gasteiger partial charge in [-0.1, -0.05) is 32.0 Å². The topological polar surface area (TPSA) is 125 Å². The maximum atomic E-state index is 12.3. The summed E-state index contributed by atoms with van der Waals surface area (Å²) in [6, 6.07) is 10.9. The van der Waals surface area contributed by atoms with Crippen molar-refractivity contribution in [2.24, 2.45) is 5.14 Å². The number of para-hydroxylation sites is 1. The van der Waals surface area contributed by atoms with E-state index in [1.807, 2.05) is 26.0 Å². The Bertz CT molecular complexity index is 986. The van der Waals surface area contributed by atoms with Crippen molar-refractivity contribution < 1.29 is 27.5 Å². The second-order valence-electron chi connectivity index (χ2n) is 6.27. The van der Waals surface area contributed by atoms with Gasteiger partial charge in [-0.2, -0.15) is 0 Å². The number of rotatable bonds is 7. The Kier molecular flexibility index (Phi) is 6.76. The fourth-order valence-electron chi connectivity index (χ4n) is 2.53. The van der Waals surface area contributed by atoms with Crippen LogP contribution in [0.25, 0.3) is 0 Å². The maximum absolute atomic E-state index is 12.3. The van der Waals surface area contributed by atoms with E-state index in [2.05, 4.69) is 5.32 Å². The minimum Gasteiger partial charge on any atom is -0.496 e. The molecular formula is C19H22N2O6S. The Morgan fingerprint density at radius 3 is 2.43 bits per heavy atom. The molecule has 0 aromatic heterocycles. The Balaban J connectivity index is 2.11. The average molecular weight is 406 g/mol. The number of anilines is 1. The van der Waals surface area contributed by atoms with Crippen LogP contribution in [-0.4, -0.2) is 34.0 Å². The van der Waals surface area contributed by atoms with Gasteiger partial charge in [-0.25, -0.2) is 18.4 Å². The summed E-state index contributed by atoms with van der Waals surface area (Å²) >= 11 is 0. The van der Waals surface area contributed by atoms with Crippen molar-refractivity contribution in [3.8, 4) is 5.75 Å². The number of hydrogen-bond donors (Lipinski definition) is 2. The van der Waals surface area contributed by atoms with E-state index in [-0.39, 0.29) is 22.1 Å². The predicted molar refractivity (Wildman–Crippen MR) is 104 cm³/mol. The number of sulfonamides is 1. The summed E-state index contributed by atoms with van der Waals surface area (Å²) in [5.41, 5.74) is 1.43. The van der Waals surface area contributed by atoms with Crippen molar-refractivity contribution >= 4 is 27.6 Å². The van der Waals surface area contributed by atoms with Crippen LogP contribution in [0.3, 0.4) is 0 Å². The highest BCUT2D eigenvalue weighted by Gasteiger charge is 2.19. The molecule has 0 radical (unpaired) electrons. The number of benzene rings is 2. The zero-order valence-electron chi connectivity index (χ0n) is 15.8. The number of ether oxygens (including phenoxy) is 2. The molecule has 28 heavy (non-hydrogen) atoms. The van der Waals surface area contributed by atoms with Gasteiger partial charge in [-0.15, -0.1) is 0 Å². The molecule has 2 aromatic carbocycles. The molecule has 0 spiro atoms. The van der Waals surface area contributed by atoms with Crippen molar-refractivity contribution in [2.75, 3.05) is 19.0 Å². The normalized spacial score (nSPS) is 11.2. The SMILES string of the molecule is COc1ccc(S(N)(=O)=O)cc1C(=O)OCC(=O)Nc1ccccc1C(C)C. The van der Waals surface area contributed by atoms with Crippen LogP contribution in [0.15, 0.2) is 47.4 Å². The Hall–Kier alpha value is -2.91. The van der Waals surface area contributed by atoms with E-state index < -0.39 is 28.5 Å². The molecule has 8 nitrogen and oxygen atoms in total. The number of carbonyl (C=O) groups excluding carboxylic acids is 2.